The zero-order chi connectivity index (χ0) is 13.2. The van der Waals surface area contributed by atoms with E-state index in [1.165, 1.54) is 12.8 Å². The van der Waals surface area contributed by atoms with Gasteiger partial charge < -0.3 is 4.74 Å². The number of hydrogen-bond donors (Lipinski definition) is 1. The fourth-order valence-corrected chi connectivity index (χ4v) is 2.77. The number of fused-ring (bicyclic) bond motifs is 1. The van der Waals surface area contributed by atoms with E-state index in [-0.39, 0.29) is 12.0 Å². The molecular weight excluding hydrogens is 266 g/mol. The fraction of sp³-hybridized carbons (Fsp3) is 0.500. The summed E-state index contributed by atoms with van der Waals surface area (Å²) in [5.74, 6) is 0.504. The van der Waals surface area contributed by atoms with Crippen LogP contribution in [0.15, 0.2) is 18.2 Å². The number of rotatable bonds is 3. The summed E-state index contributed by atoms with van der Waals surface area (Å²) in [5, 5.41) is 0.658. The van der Waals surface area contributed by atoms with Crippen molar-refractivity contribution in [2.45, 2.75) is 44.3 Å². The van der Waals surface area contributed by atoms with Crippen LogP contribution < -0.4 is 10.2 Å². The average molecular weight is 282 g/mol. The van der Waals surface area contributed by atoms with E-state index in [1.54, 1.807) is 12.1 Å². The summed E-state index contributed by atoms with van der Waals surface area (Å²) in [4.78, 5) is 17.4. The second-order valence-electron chi connectivity index (χ2n) is 5.05. The van der Waals surface area contributed by atoms with Gasteiger partial charge in [0.05, 0.1) is 6.10 Å². The zero-order valence-electron chi connectivity index (χ0n) is 10.5. The summed E-state index contributed by atoms with van der Waals surface area (Å²) in [6, 6.07) is 5.39. The van der Waals surface area contributed by atoms with Gasteiger partial charge >= 0.3 is 0 Å². The molecule has 0 spiro atoms. The predicted molar refractivity (Wildman–Crippen MR) is 71.1 cm³/mol. The number of amides is 1. The van der Waals surface area contributed by atoms with Crippen molar-refractivity contribution in [2.75, 3.05) is 0 Å². The fourth-order valence-electron chi connectivity index (χ4n) is 2.58. The molecule has 1 aromatic rings. The van der Waals surface area contributed by atoms with Gasteiger partial charge in [-0.3, -0.25) is 9.63 Å². The second kappa shape index (κ2) is 5.39. The van der Waals surface area contributed by atoms with E-state index >= 15 is 0 Å². The summed E-state index contributed by atoms with van der Waals surface area (Å²) in [6.07, 6.45) is 4.55. The third-order valence-electron chi connectivity index (χ3n) is 3.62. The SMILES string of the molecule is O=C(NOC1CCCC1)C1Cc2cc(Cl)ccc2O1. The molecule has 1 saturated carbocycles. The first-order valence-electron chi connectivity index (χ1n) is 6.63. The van der Waals surface area contributed by atoms with Crippen molar-refractivity contribution in [1.82, 2.24) is 5.48 Å². The molecule has 0 radical (unpaired) electrons. The summed E-state index contributed by atoms with van der Waals surface area (Å²) < 4.78 is 5.59. The van der Waals surface area contributed by atoms with E-state index in [2.05, 4.69) is 5.48 Å². The Morgan fingerprint density at radius 2 is 2.16 bits per heavy atom. The normalized spacial score (nSPS) is 22.1. The number of carbonyl (C=O) groups is 1. The quantitative estimate of drug-likeness (QED) is 0.867. The van der Waals surface area contributed by atoms with E-state index < -0.39 is 6.10 Å². The molecule has 0 aromatic heterocycles. The summed E-state index contributed by atoms with van der Waals surface area (Å²) in [5.41, 5.74) is 3.49. The van der Waals surface area contributed by atoms with Crippen LogP contribution in [0, 0.1) is 0 Å². The second-order valence-corrected chi connectivity index (χ2v) is 5.49. The highest BCUT2D eigenvalue weighted by Crippen LogP contribution is 2.31. The van der Waals surface area contributed by atoms with Crippen molar-refractivity contribution < 1.29 is 14.4 Å². The molecular formula is C14H16ClNO3. The Bertz CT molecular complexity index is 486. The number of ether oxygens (including phenoxy) is 1. The molecule has 2 aliphatic rings. The van der Waals surface area contributed by atoms with Crippen molar-refractivity contribution in [1.29, 1.82) is 0 Å². The summed E-state index contributed by atoms with van der Waals surface area (Å²) in [7, 11) is 0. The van der Waals surface area contributed by atoms with Gasteiger partial charge in [0.1, 0.15) is 5.75 Å². The van der Waals surface area contributed by atoms with Crippen LogP contribution in [0.5, 0.6) is 5.75 Å². The molecule has 1 heterocycles. The maximum Gasteiger partial charge on any atom is 0.284 e. The topological polar surface area (TPSA) is 47.6 Å². The van der Waals surface area contributed by atoms with E-state index in [0.29, 0.717) is 11.4 Å². The Morgan fingerprint density at radius 3 is 2.95 bits per heavy atom. The summed E-state index contributed by atoms with van der Waals surface area (Å²) >= 11 is 5.92. The van der Waals surface area contributed by atoms with Gasteiger partial charge in [-0.05, 0) is 36.6 Å². The molecule has 1 amide bonds. The van der Waals surface area contributed by atoms with E-state index in [4.69, 9.17) is 21.2 Å². The molecule has 1 aliphatic carbocycles. The molecule has 0 saturated heterocycles. The maximum absolute atomic E-state index is 12.0. The van der Waals surface area contributed by atoms with E-state index in [1.807, 2.05) is 6.07 Å². The number of halogens is 1. The minimum absolute atomic E-state index is 0.155. The first-order valence-corrected chi connectivity index (χ1v) is 7.01. The molecule has 19 heavy (non-hydrogen) atoms. The van der Waals surface area contributed by atoms with Crippen LogP contribution in [0.2, 0.25) is 5.02 Å². The number of nitrogens with one attached hydrogen (secondary N) is 1. The lowest BCUT2D eigenvalue weighted by molar-refractivity contribution is -0.144. The molecule has 1 unspecified atom stereocenters. The molecule has 1 N–H and O–H groups in total. The van der Waals surface area contributed by atoms with Gasteiger partial charge in [-0.25, -0.2) is 5.48 Å². The van der Waals surface area contributed by atoms with Gasteiger partial charge in [-0.2, -0.15) is 0 Å². The molecule has 3 rings (SSSR count). The Morgan fingerprint density at radius 1 is 1.37 bits per heavy atom. The van der Waals surface area contributed by atoms with Crippen molar-refractivity contribution >= 4 is 17.5 Å². The van der Waals surface area contributed by atoms with Crippen molar-refractivity contribution in [3.8, 4) is 5.75 Å². The molecule has 1 aromatic carbocycles. The van der Waals surface area contributed by atoms with Gasteiger partial charge in [-0.1, -0.05) is 24.4 Å². The number of hydroxylamine groups is 1. The molecule has 1 atom stereocenters. The highest BCUT2D eigenvalue weighted by Gasteiger charge is 2.30. The van der Waals surface area contributed by atoms with Gasteiger partial charge in [0.2, 0.25) is 0 Å². The highest BCUT2D eigenvalue weighted by atomic mass is 35.5. The summed E-state index contributed by atoms with van der Waals surface area (Å²) in [6.45, 7) is 0. The highest BCUT2D eigenvalue weighted by molar-refractivity contribution is 6.30. The Balaban J connectivity index is 1.55. The average Bonchev–Trinajstić information content (AvgIpc) is 3.04. The standard InChI is InChI=1S/C14H16ClNO3/c15-10-5-6-12-9(7-10)8-13(18-12)14(17)16-19-11-3-1-2-4-11/h5-7,11,13H,1-4,8H2,(H,16,17). The monoisotopic (exact) mass is 281 g/mol. The number of hydrogen-bond acceptors (Lipinski definition) is 3. The smallest absolute Gasteiger partial charge is 0.284 e. The first-order chi connectivity index (χ1) is 9.22. The molecule has 0 bridgehead atoms. The minimum Gasteiger partial charge on any atom is -0.480 e. The number of carbonyl (C=O) groups excluding carboxylic acids is 1. The first kappa shape index (κ1) is 12.8. The third kappa shape index (κ3) is 2.85. The van der Waals surface area contributed by atoms with Crippen molar-refractivity contribution in [3.63, 3.8) is 0 Å². The Hall–Kier alpha value is -1.26. The van der Waals surface area contributed by atoms with Crippen molar-refractivity contribution in [2.24, 2.45) is 0 Å². The van der Waals surface area contributed by atoms with Crippen LogP contribution in [0.4, 0.5) is 0 Å². The lowest BCUT2D eigenvalue weighted by atomic mass is 10.1. The lowest BCUT2D eigenvalue weighted by Crippen LogP contribution is -2.39. The maximum atomic E-state index is 12.0. The van der Waals surface area contributed by atoms with Crippen LogP contribution in [0.25, 0.3) is 0 Å². The van der Waals surface area contributed by atoms with E-state index in [0.717, 1.165) is 24.2 Å². The molecule has 102 valence electrons. The van der Waals surface area contributed by atoms with Crippen LogP contribution in [0.1, 0.15) is 31.2 Å². The van der Waals surface area contributed by atoms with Crippen LogP contribution in [0.3, 0.4) is 0 Å². The largest absolute Gasteiger partial charge is 0.480 e. The van der Waals surface area contributed by atoms with Gasteiger partial charge in [0.15, 0.2) is 6.10 Å². The molecule has 1 aliphatic heterocycles. The zero-order valence-corrected chi connectivity index (χ0v) is 11.3. The number of benzene rings is 1. The van der Waals surface area contributed by atoms with Crippen LogP contribution in [-0.2, 0) is 16.1 Å². The van der Waals surface area contributed by atoms with Crippen molar-refractivity contribution in [3.05, 3.63) is 28.8 Å². The van der Waals surface area contributed by atoms with Gasteiger partial charge in [0, 0.05) is 11.4 Å². The third-order valence-corrected chi connectivity index (χ3v) is 3.85. The minimum atomic E-state index is -0.519. The van der Waals surface area contributed by atoms with Crippen LogP contribution >= 0.6 is 11.6 Å². The Labute approximate surface area is 117 Å². The lowest BCUT2D eigenvalue weighted by Gasteiger charge is -2.14. The van der Waals surface area contributed by atoms with Gasteiger partial charge in [0.25, 0.3) is 5.91 Å². The predicted octanol–water partition coefficient (Wildman–Crippen LogP) is 2.63. The molecule has 1 fully saturated rings. The van der Waals surface area contributed by atoms with Crippen LogP contribution in [-0.4, -0.2) is 18.1 Å². The van der Waals surface area contributed by atoms with Gasteiger partial charge in [-0.15, -0.1) is 0 Å². The molecule has 4 nitrogen and oxygen atoms in total. The van der Waals surface area contributed by atoms with E-state index in [9.17, 15) is 4.79 Å². The Kier molecular flexibility index (Phi) is 3.62. The molecule has 5 heteroatoms.